The molecule has 3 rings (SSSR count). The van der Waals surface area contributed by atoms with Crippen LogP contribution in [0.15, 0.2) is 44.4 Å². The number of carbonyl (C=O) groups excluding carboxylic acids is 1. The average molecular weight is 406 g/mol. The largest absolute Gasteiger partial charge is 0.487 e. The smallest absolute Gasteiger partial charge is 0.339 e. The summed E-state index contributed by atoms with van der Waals surface area (Å²) in [4.78, 5) is 23.1. The normalized spacial score (nSPS) is 15.1. The number of carbonyl (C=O) groups is 1. The number of ether oxygens (including phenoxy) is 1. The number of benzene rings is 1. The number of nitrogens with one attached hydrogen (secondary N) is 1. The van der Waals surface area contributed by atoms with Crippen LogP contribution in [-0.4, -0.2) is 37.8 Å². The summed E-state index contributed by atoms with van der Waals surface area (Å²) in [5.41, 5.74) is 0.602. The Bertz CT molecular complexity index is 1050. The van der Waals surface area contributed by atoms with Gasteiger partial charge in [-0.2, -0.15) is 4.31 Å². The molecule has 1 fully saturated rings. The third kappa shape index (κ3) is 4.26. The van der Waals surface area contributed by atoms with Crippen LogP contribution in [0.5, 0.6) is 5.75 Å². The molecule has 1 amide bonds. The minimum Gasteiger partial charge on any atom is -0.487 e. The van der Waals surface area contributed by atoms with Crippen molar-refractivity contribution < 1.29 is 22.4 Å². The first-order valence-electron chi connectivity index (χ1n) is 8.88. The summed E-state index contributed by atoms with van der Waals surface area (Å²) in [6, 6.07) is 7.53. The van der Waals surface area contributed by atoms with E-state index in [0.29, 0.717) is 29.2 Å². The van der Waals surface area contributed by atoms with Crippen molar-refractivity contribution in [1.29, 1.82) is 0 Å². The second-order valence-corrected chi connectivity index (χ2v) is 8.57. The van der Waals surface area contributed by atoms with Crippen molar-refractivity contribution in [1.82, 2.24) is 4.31 Å². The van der Waals surface area contributed by atoms with Gasteiger partial charge in [0.15, 0.2) is 0 Å². The van der Waals surface area contributed by atoms with Crippen LogP contribution in [0.25, 0.3) is 0 Å². The van der Waals surface area contributed by atoms with E-state index >= 15 is 0 Å². The van der Waals surface area contributed by atoms with E-state index in [1.54, 1.807) is 39.0 Å². The monoisotopic (exact) mass is 406 g/mol. The summed E-state index contributed by atoms with van der Waals surface area (Å²) < 4.78 is 37.6. The standard InChI is InChI=1S/C19H22N2O6S/c1-4-18(22)20-14-5-6-17(12(2)7-14)28(24,25)21-10-16(11-21)27-15-8-13(3)26-19(23)9-15/h5-9,16H,4,10-11H2,1-3H3,(H,20,22). The molecule has 150 valence electrons. The highest BCUT2D eigenvalue weighted by atomic mass is 32.2. The van der Waals surface area contributed by atoms with Crippen molar-refractivity contribution in [2.24, 2.45) is 0 Å². The molecule has 1 N–H and O–H groups in total. The fourth-order valence-corrected chi connectivity index (χ4v) is 4.62. The molecule has 0 radical (unpaired) electrons. The quantitative estimate of drug-likeness (QED) is 0.787. The zero-order valence-electron chi connectivity index (χ0n) is 15.9. The summed E-state index contributed by atoms with van der Waals surface area (Å²) in [7, 11) is -3.66. The fraction of sp³-hybridized carbons (Fsp3) is 0.368. The number of hydrogen-bond donors (Lipinski definition) is 1. The molecule has 2 heterocycles. The van der Waals surface area contributed by atoms with Crippen molar-refractivity contribution in [3.8, 4) is 5.75 Å². The van der Waals surface area contributed by atoms with Gasteiger partial charge in [-0.1, -0.05) is 6.92 Å². The Kier molecular flexibility index (Phi) is 5.57. The molecule has 28 heavy (non-hydrogen) atoms. The molecular formula is C19H22N2O6S. The van der Waals surface area contributed by atoms with E-state index in [9.17, 15) is 18.0 Å². The highest BCUT2D eigenvalue weighted by molar-refractivity contribution is 7.89. The van der Waals surface area contributed by atoms with Crippen LogP contribution in [0.4, 0.5) is 5.69 Å². The van der Waals surface area contributed by atoms with Gasteiger partial charge in [-0.3, -0.25) is 4.79 Å². The molecule has 8 nitrogen and oxygen atoms in total. The maximum absolute atomic E-state index is 12.8. The maximum atomic E-state index is 12.8. The third-order valence-corrected chi connectivity index (χ3v) is 6.37. The molecule has 0 spiro atoms. The second kappa shape index (κ2) is 7.76. The number of nitrogens with zero attached hydrogens (tertiary/aromatic N) is 1. The molecular weight excluding hydrogens is 384 g/mol. The molecule has 1 aliphatic heterocycles. The predicted molar refractivity (Wildman–Crippen MR) is 103 cm³/mol. The van der Waals surface area contributed by atoms with Gasteiger partial charge < -0.3 is 14.5 Å². The molecule has 0 atom stereocenters. The zero-order chi connectivity index (χ0) is 20.5. The van der Waals surface area contributed by atoms with Gasteiger partial charge in [0.25, 0.3) is 0 Å². The average Bonchev–Trinajstić information content (AvgIpc) is 2.56. The summed E-state index contributed by atoms with van der Waals surface area (Å²) in [6.07, 6.45) is 0.0105. The minimum atomic E-state index is -3.66. The molecule has 0 aliphatic carbocycles. The Balaban J connectivity index is 1.68. The number of aryl methyl sites for hydroxylation is 2. The van der Waals surface area contributed by atoms with Gasteiger partial charge in [0, 0.05) is 18.2 Å². The van der Waals surface area contributed by atoms with Gasteiger partial charge in [0.05, 0.1) is 24.1 Å². The van der Waals surface area contributed by atoms with Gasteiger partial charge in [0.2, 0.25) is 15.9 Å². The fourth-order valence-electron chi connectivity index (χ4n) is 2.91. The summed E-state index contributed by atoms with van der Waals surface area (Å²) in [6.45, 7) is 5.45. The highest BCUT2D eigenvalue weighted by Gasteiger charge is 2.38. The van der Waals surface area contributed by atoms with E-state index in [1.807, 2.05) is 0 Å². The number of hydrogen-bond acceptors (Lipinski definition) is 6. The molecule has 1 saturated heterocycles. The third-order valence-electron chi connectivity index (χ3n) is 4.38. The summed E-state index contributed by atoms with van der Waals surface area (Å²) in [5.74, 6) is 0.656. The van der Waals surface area contributed by atoms with E-state index in [4.69, 9.17) is 9.15 Å². The van der Waals surface area contributed by atoms with Crippen LogP contribution in [-0.2, 0) is 14.8 Å². The lowest BCUT2D eigenvalue weighted by atomic mass is 10.2. The van der Waals surface area contributed by atoms with Gasteiger partial charge >= 0.3 is 5.63 Å². The molecule has 0 saturated carbocycles. The summed E-state index contributed by atoms with van der Waals surface area (Å²) >= 11 is 0. The van der Waals surface area contributed by atoms with Crippen LogP contribution in [0.1, 0.15) is 24.7 Å². The van der Waals surface area contributed by atoms with Gasteiger partial charge in [0.1, 0.15) is 17.6 Å². The van der Waals surface area contributed by atoms with E-state index in [0.717, 1.165) is 0 Å². The lowest BCUT2D eigenvalue weighted by molar-refractivity contribution is -0.115. The van der Waals surface area contributed by atoms with Crippen LogP contribution in [0, 0.1) is 13.8 Å². The lowest BCUT2D eigenvalue weighted by Gasteiger charge is -2.38. The molecule has 0 unspecified atom stereocenters. The number of anilines is 1. The van der Waals surface area contributed by atoms with Crippen molar-refractivity contribution >= 4 is 21.6 Å². The van der Waals surface area contributed by atoms with Crippen molar-refractivity contribution in [3.05, 3.63) is 52.1 Å². The Morgan fingerprint density at radius 3 is 2.57 bits per heavy atom. The van der Waals surface area contributed by atoms with Crippen molar-refractivity contribution in [3.63, 3.8) is 0 Å². The second-order valence-electron chi connectivity index (χ2n) is 6.67. The Morgan fingerprint density at radius 2 is 1.96 bits per heavy atom. The van der Waals surface area contributed by atoms with E-state index in [1.165, 1.54) is 16.4 Å². The van der Waals surface area contributed by atoms with Gasteiger partial charge in [-0.15, -0.1) is 0 Å². The first-order valence-corrected chi connectivity index (χ1v) is 10.3. The van der Waals surface area contributed by atoms with Crippen LogP contribution in [0.2, 0.25) is 0 Å². The SMILES string of the molecule is CCC(=O)Nc1ccc(S(=O)(=O)N2CC(Oc3cc(C)oc(=O)c3)C2)c(C)c1. The van der Waals surface area contributed by atoms with E-state index < -0.39 is 15.6 Å². The minimum absolute atomic E-state index is 0.136. The van der Waals surface area contributed by atoms with Crippen LogP contribution >= 0.6 is 0 Å². The van der Waals surface area contributed by atoms with Crippen molar-refractivity contribution in [2.75, 3.05) is 18.4 Å². The van der Waals surface area contributed by atoms with Crippen LogP contribution < -0.4 is 15.7 Å². The molecule has 2 aromatic rings. The molecule has 9 heteroatoms. The first-order chi connectivity index (χ1) is 13.2. The number of rotatable bonds is 6. The van der Waals surface area contributed by atoms with E-state index in [-0.39, 0.29) is 30.0 Å². The number of amides is 1. The topological polar surface area (TPSA) is 106 Å². The molecule has 1 aliphatic rings. The Morgan fingerprint density at radius 1 is 1.25 bits per heavy atom. The highest BCUT2D eigenvalue weighted by Crippen LogP contribution is 2.28. The zero-order valence-corrected chi connectivity index (χ0v) is 16.7. The molecule has 0 bridgehead atoms. The maximum Gasteiger partial charge on any atom is 0.339 e. The van der Waals surface area contributed by atoms with Gasteiger partial charge in [-0.05, 0) is 37.6 Å². The van der Waals surface area contributed by atoms with Gasteiger partial charge in [-0.25, -0.2) is 13.2 Å². The summed E-state index contributed by atoms with van der Waals surface area (Å²) in [5, 5.41) is 2.71. The van der Waals surface area contributed by atoms with E-state index in [2.05, 4.69) is 5.32 Å². The Labute approximate surface area is 163 Å². The lowest BCUT2D eigenvalue weighted by Crippen LogP contribution is -2.56. The molecule has 1 aromatic heterocycles. The predicted octanol–water partition coefficient (Wildman–Crippen LogP) is 2.06. The van der Waals surface area contributed by atoms with Crippen LogP contribution in [0.3, 0.4) is 0 Å². The first kappa shape index (κ1) is 20.1. The molecule has 1 aromatic carbocycles. The Hall–Kier alpha value is -2.65. The number of sulfonamides is 1. The van der Waals surface area contributed by atoms with Crippen molar-refractivity contribution in [2.45, 2.75) is 38.2 Å².